The van der Waals surface area contributed by atoms with Gasteiger partial charge in [-0.3, -0.25) is 0 Å². The van der Waals surface area contributed by atoms with Gasteiger partial charge in [0.15, 0.2) is 0 Å². The van der Waals surface area contributed by atoms with Crippen molar-refractivity contribution in [2.24, 2.45) is 0 Å². The second-order valence-electron chi connectivity index (χ2n) is 2.59. The molecule has 0 aliphatic carbocycles. The Morgan fingerprint density at radius 3 is 2.00 bits per heavy atom. The summed E-state index contributed by atoms with van der Waals surface area (Å²) in [6.45, 7) is 4.80. The van der Waals surface area contributed by atoms with Crippen molar-refractivity contribution < 1.29 is 0 Å². The summed E-state index contributed by atoms with van der Waals surface area (Å²) in [5, 5.41) is 0. The van der Waals surface area contributed by atoms with Gasteiger partial charge in [0.25, 0.3) is 0 Å². The topological polar surface area (TPSA) is 3.24 Å². The molecule has 0 aromatic heterocycles. The number of hydrogen-bond acceptors (Lipinski definition) is 1. The van der Waals surface area contributed by atoms with Crippen molar-refractivity contribution >= 4 is 22.6 Å². The van der Waals surface area contributed by atoms with Gasteiger partial charge in [-0.2, -0.15) is 0 Å². The predicted molar refractivity (Wildman–Crippen MR) is 39.9 cm³/mol. The molecule has 0 aromatic carbocycles. The minimum Gasteiger partial charge on any atom is -0.304 e. The third kappa shape index (κ3) is 1.29. The molecule has 1 nitrogen and oxygen atoms in total. The molecular weight excluding hydrogens is 201 g/mol. The first-order chi connectivity index (χ1) is 3.10. The van der Waals surface area contributed by atoms with E-state index in [0.717, 1.165) is 0 Å². The Labute approximate surface area is 58.2 Å². The van der Waals surface area contributed by atoms with E-state index in [-0.39, 0.29) is 0 Å². The van der Waals surface area contributed by atoms with Gasteiger partial charge in [-0.15, -0.1) is 0 Å². The van der Waals surface area contributed by atoms with Crippen LogP contribution >= 0.6 is 22.6 Å². The van der Waals surface area contributed by atoms with E-state index in [9.17, 15) is 0 Å². The summed E-state index contributed by atoms with van der Waals surface area (Å²) in [6, 6.07) is 0. The monoisotopic (exact) mass is 211 g/mol. The van der Waals surface area contributed by atoms with Crippen molar-refractivity contribution in [1.29, 1.82) is 0 Å². The molecule has 0 unspecified atom stereocenters. The van der Waals surface area contributed by atoms with Gasteiger partial charge in [0, 0.05) is 16.5 Å². The minimum absolute atomic E-state index is 0.590. The molecule has 2 heteroatoms. The number of alkyl halides is 1. The first-order valence-electron chi connectivity index (χ1n) is 2.48. The average molecular weight is 211 g/mol. The predicted octanol–water partition coefficient (Wildman–Crippen LogP) is 1.13. The van der Waals surface area contributed by atoms with Crippen LogP contribution in [0.4, 0.5) is 0 Å². The highest BCUT2D eigenvalue weighted by molar-refractivity contribution is 14.1. The van der Waals surface area contributed by atoms with E-state index in [0.29, 0.717) is 3.42 Å². The Bertz CT molecular complexity index is 72.1. The highest BCUT2D eigenvalue weighted by Gasteiger charge is 2.32. The number of hydrogen-bond donors (Lipinski definition) is 0. The molecule has 0 amide bonds. The lowest BCUT2D eigenvalue weighted by atomic mass is 10.0. The fourth-order valence-electron chi connectivity index (χ4n) is 1.08. The van der Waals surface area contributed by atoms with E-state index >= 15 is 0 Å². The molecule has 1 rings (SSSR count). The fraction of sp³-hybridized carbons (Fsp3) is 1.00. The van der Waals surface area contributed by atoms with Crippen molar-refractivity contribution in [3.05, 3.63) is 0 Å². The summed E-state index contributed by atoms with van der Waals surface area (Å²) in [6.07, 6.45) is 0. The van der Waals surface area contributed by atoms with Crippen LogP contribution in [0.15, 0.2) is 0 Å². The van der Waals surface area contributed by atoms with Crippen LogP contribution in [-0.2, 0) is 0 Å². The highest BCUT2D eigenvalue weighted by Crippen LogP contribution is 2.27. The standard InChI is InChI=1S/C5H10IN/c1-5(6)3-7(2)4-5/h3-4H2,1-2H3. The Hall–Kier alpha value is 0.690. The Morgan fingerprint density at radius 2 is 2.00 bits per heavy atom. The van der Waals surface area contributed by atoms with Crippen molar-refractivity contribution in [3.63, 3.8) is 0 Å². The summed E-state index contributed by atoms with van der Waals surface area (Å²) in [4.78, 5) is 2.33. The van der Waals surface area contributed by atoms with Gasteiger partial charge in [0.05, 0.1) is 0 Å². The molecule has 1 heterocycles. The first-order valence-corrected chi connectivity index (χ1v) is 3.55. The molecule has 1 aliphatic heterocycles. The van der Waals surface area contributed by atoms with Gasteiger partial charge < -0.3 is 4.90 Å². The van der Waals surface area contributed by atoms with Crippen molar-refractivity contribution in [2.75, 3.05) is 20.1 Å². The van der Waals surface area contributed by atoms with Gasteiger partial charge in [0.1, 0.15) is 0 Å². The summed E-state index contributed by atoms with van der Waals surface area (Å²) >= 11 is 2.50. The third-order valence-electron chi connectivity index (χ3n) is 1.20. The maximum atomic E-state index is 2.50. The molecular formula is C5H10IN. The zero-order valence-electron chi connectivity index (χ0n) is 4.74. The third-order valence-corrected chi connectivity index (χ3v) is 1.88. The smallest absolute Gasteiger partial charge is 0.0447 e. The van der Waals surface area contributed by atoms with Crippen LogP contribution in [0, 0.1) is 0 Å². The van der Waals surface area contributed by atoms with E-state index in [1.54, 1.807) is 0 Å². The van der Waals surface area contributed by atoms with Gasteiger partial charge in [-0.05, 0) is 14.0 Å². The first kappa shape index (κ1) is 5.82. The van der Waals surface area contributed by atoms with Gasteiger partial charge in [-0.25, -0.2) is 0 Å². The molecule has 0 radical (unpaired) electrons. The number of halogens is 1. The molecule has 1 fully saturated rings. The minimum atomic E-state index is 0.590. The maximum absolute atomic E-state index is 2.50. The summed E-state index contributed by atoms with van der Waals surface area (Å²) in [5.74, 6) is 0. The fourth-order valence-corrected chi connectivity index (χ4v) is 2.24. The van der Waals surface area contributed by atoms with E-state index in [4.69, 9.17) is 0 Å². The summed E-state index contributed by atoms with van der Waals surface area (Å²) in [5.41, 5.74) is 0. The zero-order valence-corrected chi connectivity index (χ0v) is 6.90. The normalized spacial score (nSPS) is 29.6. The zero-order chi connectivity index (χ0) is 5.49. The summed E-state index contributed by atoms with van der Waals surface area (Å²) in [7, 11) is 2.15. The molecule has 1 saturated heterocycles. The van der Waals surface area contributed by atoms with Crippen LogP contribution < -0.4 is 0 Å². The number of likely N-dealkylation sites (tertiary alicyclic amines) is 1. The Morgan fingerprint density at radius 1 is 1.57 bits per heavy atom. The molecule has 0 N–H and O–H groups in total. The van der Waals surface area contributed by atoms with E-state index in [1.807, 2.05) is 0 Å². The number of rotatable bonds is 0. The summed E-state index contributed by atoms with van der Waals surface area (Å²) < 4.78 is 0.590. The van der Waals surface area contributed by atoms with E-state index in [1.165, 1.54) is 13.1 Å². The molecule has 7 heavy (non-hydrogen) atoms. The molecule has 1 aliphatic rings. The SMILES string of the molecule is CN1CC(C)(I)C1. The quantitative estimate of drug-likeness (QED) is 0.428. The van der Waals surface area contributed by atoms with Crippen LogP contribution in [0.5, 0.6) is 0 Å². The van der Waals surface area contributed by atoms with Gasteiger partial charge >= 0.3 is 0 Å². The van der Waals surface area contributed by atoms with Crippen molar-refractivity contribution in [2.45, 2.75) is 10.3 Å². The lowest BCUT2D eigenvalue weighted by Crippen LogP contribution is -2.53. The van der Waals surface area contributed by atoms with Crippen LogP contribution in [0.3, 0.4) is 0 Å². The van der Waals surface area contributed by atoms with Crippen LogP contribution in [-0.4, -0.2) is 28.5 Å². The van der Waals surface area contributed by atoms with E-state index in [2.05, 4.69) is 41.5 Å². The highest BCUT2D eigenvalue weighted by atomic mass is 127. The Balaban J connectivity index is 2.29. The average Bonchev–Trinajstić information content (AvgIpc) is 1.27. The molecule has 0 atom stereocenters. The lowest BCUT2D eigenvalue weighted by molar-refractivity contribution is 0.189. The maximum Gasteiger partial charge on any atom is 0.0447 e. The number of nitrogens with zero attached hydrogens (tertiary/aromatic N) is 1. The molecule has 42 valence electrons. The molecule has 0 bridgehead atoms. The van der Waals surface area contributed by atoms with Crippen LogP contribution in [0.25, 0.3) is 0 Å². The largest absolute Gasteiger partial charge is 0.304 e. The second-order valence-corrected chi connectivity index (χ2v) is 5.19. The Kier molecular flexibility index (Phi) is 1.32. The van der Waals surface area contributed by atoms with Crippen molar-refractivity contribution in [1.82, 2.24) is 4.90 Å². The van der Waals surface area contributed by atoms with Crippen molar-refractivity contribution in [3.8, 4) is 0 Å². The van der Waals surface area contributed by atoms with Crippen LogP contribution in [0.1, 0.15) is 6.92 Å². The van der Waals surface area contributed by atoms with Gasteiger partial charge in [-0.1, -0.05) is 22.6 Å². The lowest BCUT2D eigenvalue weighted by Gasteiger charge is -2.41. The molecule has 0 spiro atoms. The molecule has 0 saturated carbocycles. The van der Waals surface area contributed by atoms with E-state index < -0.39 is 0 Å². The molecule has 0 aromatic rings. The van der Waals surface area contributed by atoms with Crippen LogP contribution in [0.2, 0.25) is 0 Å². The second kappa shape index (κ2) is 1.58. The van der Waals surface area contributed by atoms with Gasteiger partial charge in [0.2, 0.25) is 0 Å².